The Kier molecular flexibility index (Phi) is 4.98. The van der Waals surface area contributed by atoms with Gasteiger partial charge in [0.1, 0.15) is 0 Å². The number of rotatable bonds is 5. The van der Waals surface area contributed by atoms with Crippen LogP contribution in [-0.2, 0) is 17.7 Å². The van der Waals surface area contributed by atoms with Crippen molar-refractivity contribution in [1.29, 1.82) is 0 Å². The summed E-state index contributed by atoms with van der Waals surface area (Å²) in [6.45, 7) is 1.34. The van der Waals surface area contributed by atoms with Crippen molar-refractivity contribution >= 4 is 17.5 Å². The van der Waals surface area contributed by atoms with E-state index in [0.29, 0.717) is 23.7 Å². The van der Waals surface area contributed by atoms with Gasteiger partial charge < -0.3 is 10.1 Å². The lowest BCUT2D eigenvalue weighted by atomic mass is 9.93. The van der Waals surface area contributed by atoms with Crippen molar-refractivity contribution in [2.45, 2.75) is 31.8 Å². The van der Waals surface area contributed by atoms with Gasteiger partial charge in [0, 0.05) is 13.3 Å². The number of amides is 1. The van der Waals surface area contributed by atoms with Gasteiger partial charge in [-0.2, -0.15) is 5.10 Å². The SMILES string of the molecule is COCCn1cc2c(n1)C(NC(=O)c1ccccc1Cl)CCC2. The van der Waals surface area contributed by atoms with E-state index in [0.717, 1.165) is 25.0 Å². The minimum Gasteiger partial charge on any atom is -0.383 e. The summed E-state index contributed by atoms with van der Waals surface area (Å²) in [6, 6.07) is 7.02. The van der Waals surface area contributed by atoms with E-state index in [9.17, 15) is 4.79 Å². The fraction of sp³-hybridized carbons (Fsp3) is 0.412. The number of carbonyl (C=O) groups excluding carboxylic acids is 1. The summed E-state index contributed by atoms with van der Waals surface area (Å²) in [6.07, 6.45) is 4.99. The summed E-state index contributed by atoms with van der Waals surface area (Å²) in [5.41, 5.74) is 2.67. The fourth-order valence-electron chi connectivity index (χ4n) is 2.92. The van der Waals surface area contributed by atoms with Gasteiger partial charge in [-0.25, -0.2) is 0 Å². The average molecular weight is 334 g/mol. The van der Waals surface area contributed by atoms with Crippen LogP contribution in [0.2, 0.25) is 5.02 Å². The third kappa shape index (κ3) is 3.57. The lowest BCUT2D eigenvalue weighted by Gasteiger charge is -2.22. The number of aryl methyl sites for hydroxylation is 1. The van der Waals surface area contributed by atoms with Gasteiger partial charge in [-0.05, 0) is 37.0 Å². The van der Waals surface area contributed by atoms with Crippen molar-refractivity contribution in [3.63, 3.8) is 0 Å². The zero-order valence-electron chi connectivity index (χ0n) is 13.1. The van der Waals surface area contributed by atoms with E-state index in [2.05, 4.69) is 16.6 Å². The van der Waals surface area contributed by atoms with Gasteiger partial charge in [-0.15, -0.1) is 0 Å². The Hall–Kier alpha value is -1.85. The molecule has 1 amide bonds. The highest BCUT2D eigenvalue weighted by Gasteiger charge is 2.26. The molecule has 6 heteroatoms. The second-order valence-corrected chi connectivity index (χ2v) is 6.10. The zero-order valence-corrected chi connectivity index (χ0v) is 13.8. The molecule has 3 rings (SSSR count). The topological polar surface area (TPSA) is 56.1 Å². The van der Waals surface area contributed by atoms with Crippen LogP contribution in [0.5, 0.6) is 0 Å². The van der Waals surface area contributed by atoms with Gasteiger partial charge >= 0.3 is 0 Å². The van der Waals surface area contributed by atoms with Crippen LogP contribution < -0.4 is 5.32 Å². The third-order valence-corrected chi connectivity index (χ3v) is 4.42. The third-order valence-electron chi connectivity index (χ3n) is 4.09. The number of nitrogens with one attached hydrogen (secondary N) is 1. The molecule has 0 radical (unpaired) electrons. The van der Waals surface area contributed by atoms with Gasteiger partial charge in [-0.1, -0.05) is 23.7 Å². The molecule has 1 heterocycles. The Labute approximate surface area is 140 Å². The maximum atomic E-state index is 12.5. The van der Waals surface area contributed by atoms with Crippen molar-refractivity contribution in [2.75, 3.05) is 13.7 Å². The minimum absolute atomic E-state index is 0.0636. The van der Waals surface area contributed by atoms with Crippen LogP contribution in [-0.4, -0.2) is 29.4 Å². The Balaban J connectivity index is 1.76. The van der Waals surface area contributed by atoms with Crippen LogP contribution in [0.1, 0.15) is 40.5 Å². The van der Waals surface area contributed by atoms with E-state index in [1.54, 1.807) is 19.2 Å². The van der Waals surface area contributed by atoms with Crippen LogP contribution in [0.25, 0.3) is 0 Å². The monoisotopic (exact) mass is 333 g/mol. The number of fused-ring (bicyclic) bond motifs is 1. The van der Waals surface area contributed by atoms with E-state index < -0.39 is 0 Å². The lowest BCUT2D eigenvalue weighted by molar-refractivity contribution is 0.0931. The summed E-state index contributed by atoms with van der Waals surface area (Å²) < 4.78 is 6.99. The van der Waals surface area contributed by atoms with Crippen LogP contribution in [0, 0.1) is 0 Å². The lowest BCUT2D eigenvalue weighted by Crippen LogP contribution is -2.31. The number of nitrogens with zero attached hydrogens (tertiary/aromatic N) is 2. The molecular formula is C17H20ClN3O2. The molecule has 2 aromatic rings. The summed E-state index contributed by atoms with van der Waals surface area (Å²) in [5, 5.41) is 8.16. The van der Waals surface area contributed by atoms with Gasteiger partial charge in [0.05, 0.1) is 35.5 Å². The molecule has 1 aliphatic rings. The number of aromatic nitrogens is 2. The molecule has 0 saturated carbocycles. The first-order valence-corrected chi connectivity index (χ1v) is 8.17. The van der Waals surface area contributed by atoms with Crippen LogP contribution in [0.15, 0.2) is 30.5 Å². The molecule has 0 saturated heterocycles. The second-order valence-electron chi connectivity index (χ2n) is 5.69. The van der Waals surface area contributed by atoms with E-state index in [1.165, 1.54) is 5.56 Å². The molecule has 1 N–H and O–H groups in total. The van der Waals surface area contributed by atoms with E-state index >= 15 is 0 Å². The number of benzene rings is 1. The Morgan fingerprint density at radius 1 is 1.48 bits per heavy atom. The average Bonchev–Trinajstić information content (AvgIpc) is 2.97. The van der Waals surface area contributed by atoms with Crippen molar-refractivity contribution in [2.24, 2.45) is 0 Å². The second kappa shape index (κ2) is 7.15. The summed E-state index contributed by atoms with van der Waals surface area (Å²) in [4.78, 5) is 12.5. The maximum absolute atomic E-state index is 12.5. The highest BCUT2D eigenvalue weighted by molar-refractivity contribution is 6.33. The van der Waals surface area contributed by atoms with E-state index in [1.807, 2.05) is 16.8 Å². The van der Waals surface area contributed by atoms with Gasteiger partial charge in [-0.3, -0.25) is 9.48 Å². The van der Waals surface area contributed by atoms with Crippen molar-refractivity contribution in [3.05, 3.63) is 52.3 Å². The molecule has 1 atom stereocenters. The Morgan fingerprint density at radius 2 is 2.30 bits per heavy atom. The molecule has 1 aromatic heterocycles. The highest BCUT2D eigenvalue weighted by Crippen LogP contribution is 2.29. The quantitative estimate of drug-likeness (QED) is 0.915. The Bertz CT molecular complexity index is 699. The number of ether oxygens (including phenoxy) is 1. The molecule has 0 aliphatic heterocycles. The zero-order chi connectivity index (χ0) is 16.2. The van der Waals surface area contributed by atoms with Crippen molar-refractivity contribution in [3.8, 4) is 0 Å². The number of hydrogen-bond acceptors (Lipinski definition) is 3. The standard InChI is InChI=1S/C17H20ClN3O2/c1-23-10-9-21-11-12-5-4-8-15(16(12)20-21)19-17(22)13-6-2-3-7-14(13)18/h2-3,6-7,11,15H,4-5,8-10H2,1H3,(H,19,22). The molecule has 1 aliphatic carbocycles. The molecule has 23 heavy (non-hydrogen) atoms. The highest BCUT2D eigenvalue weighted by atomic mass is 35.5. The summed E-state index contributed by atoms with van der Waals surface area (Å²) in [5.74, 6) is -0.153. The van der Waals surface area contributed by atoms with Crippen molar-refractivity contribution in [1.82, 2.24) is 15.1 Å². The van der Waals surface area contributed by atoms with Gasteiger partial charge in [0.2, 0.25) is 0 Å². The predicted molar refractivity (Wildman–Crippen MR) is 88.7 cm³/mol. The molecule has 5 nitrogen and oxygen atoms in total. The predicted octanol–water partition coefficient (Wildman–Crippen LogP) is 2.99. The first-order valence-electron chi connectivity index (χ1n) is 7.79. The van der Waals surface area contributed by atoms with Crippen molar-refractivity contribution < 1.29 is 9.53 Å². The van der Waals surface area contributed by atoms with Gasteiger partial charge in [0.15, 0.2) is 0 Å². The fourth-order valence-corrected chi connectivity index (χ4v) is 3.14. The van der Waals surface area contributed by atoms with E-state index in [-0.39, 0.29) is 11.9 Å². The smallest absolute Gasteiger partial charge is 0.253 e. The number of halogens is 1. The normalized spacial score (nSPS) is 16.9. The maximum Gasteiger partial charge on any atom is 0.253 e. The number of methoxy groups -OCH3 is 1. The van der Waals surface area contributed by atoms with Gasteiger partial charge in [0.25, 0.3) is 5.91 Å². The molecular weight excluding hydrogens is 314 g/mol. The largest absolute Gasteiger partial charge is 0.383 e. The molecule has 1 unspecified atom stereocenters. The summed E-state index contributed by atoms with van der Waals surface area (Å²) >= 11 is 6.10. The molecule has 1 aromatic carbocycles. The van der Waals surface area contributed by atoms with E-state index in [4.69, 9.17) is 16.3 Å². The van der Waals surface area contributed by atoms with Crippen LogP contribution >= 0.6 is 11.6 Å². The minimum atomic E-state index is -0.153. The Morgan fingerprint density at radius 3 is 3.09 bits per heavy atom. The first kappa shape index (κ1) is 16.0. The summed E-state index contributed by atoms with van der Waals surface area (Å²) in [7, 11) is 1.68. The number of carbonyl (C=O) groups is 1. The van der Waals surface area contributed by atoms with Crippen LogP contribution in [0.3, 0.4) is 0 Å². The molecule has 0 fully saturated rings. The van der Waals surface area contributed by atoms with Crippen LogP contribution in [0.4, 0.5) is 0 Å². The molecule has 122 valence electrons. The molecule has 0 bridgehead atoms. The number of hydrogen-bond donors (Lipinski definition) is 1. The first-order chi connectivity index (χ1) is 11.2. The molecule has 0 spiro atoms.